The molecule has 27 heavy (non-hydrogen) atoms. The van der Waals surface area contributed by atoms with Crippen molar-refractivity contribution in [1.82, 2.24) is 14.8 Å². The van der Waals surface area contributed by atoms with E-state index < -0.39 is 7.12 Å². The summed E-state index contributed by atoms with van der Waals surface area (Å²) in [6.45, 7) is 13.0. The fourth-order valence-electron chi connectivity index (χ4n) is 3.54. The molecule has 0 atom stereocenters. The zero-order valence-corrected chi connectivity index (χ0v) is 16.9. The third-order valence-corrected chi connectivity index (χ3v) is 5.72. The molecule has 0 unspecified atom stereocenters. The van der Waals surface area contributed by atoms with Crippen molar-refractivity contribution < 1.29 is 9.31 Å². The van der Waals surface area contributed by atoms with Crippen LogP contribution >= 0.6 is 0 Å². The van der Waals surface area contributed by atoms with Crippen LogP contribution in [0.3, 0.4) is 0 Å². The number of aryl methyl sites for hydroxylation is 2. The number of benzene rings is 1. The molecule has 0 saturated carbocycles. The zero-order valence-electron chi connectivity index (χ0n) is 16.9. The SMILES string of the molecule is Cc1cc(B2OC(C)(C)C(C)(C)O2)c2c(C)nn(Cc3ccccc3)c2n1. The number of fused-ring (bicyclic) bond motifs is 1. The van der Waals surface area contributed by atoms with Gasteiger partial charge < -0.3 is 9.31 Å². The predicted octanol–water partition coefficient (Wildman–Crippen LogP) is 3.40. The molecule has 0 spiro atoms. The van der Waals surface area contributed by atoms with E-state index in [9.17, 15) is 0 Å². The predicted molar refractivity (Wildman–Crippen MR) is 108 cm³/mol. The highest BCUT2D eigenvalue weighted by atomic mass is 16.7. The largest absolute Gasteiger partial charge is 0.495 e. The quantitative estimate of drug-likeness (QED) is 0.670. The minimum absolute atomic E-state index is 0.380. The van der Waals surface area contributed by atoms with Crippen LogP contribution in [0.5, 0.6) is 0 Å². The molecule has 1 aromatic carbocycles. The summed E-state index contributed by atoms with van der Waals surface area (Å²) in [6.07, 6.45) is 0. The Balaban J connectivity index is 1.82. The van der Waals surface area contributed by atoms with E-state index in [1.54, 1.807) is 0 Å². The number of pyridine rings is 1. The van der Waals surface area contributed by atoms with Gasteiger partial charge in [-0.3, -0.25) is 0 Å². The van der Waals surface area contributed by atoms with Gasteiger partial charge in [0.05, 0.1) is 23.4 Å². The highest BCUT2D eigenvalue weighted by Gasteiger charge is 2.52. The second-order valence-electron chi connectivity index (χ2n) is 8.37. The molecule has 1 saturated heterocycles. The lowest BCUT2D eigenvalue weighted by molar-refractivity contribution is 0.00578. The summed E-state index contributed by atoms with van der Waals surface area (Å²) in [6, 6.07) is 12.4. The first-order valence-corrected chi connectivity index (χ1v) is 9.42. The lowest BCUT2D eigenvalue weighted by atomic mass is 9.77. The van der Waals surface area contributed by atoms with Gasteiger partial charge in [-0.25, -0.2) is 9.67 Å². The summed E-state index contributed by atoms with van der Waals surface area (Å²) in [5.74, 6) is 0. The molecule has 0 bridgehead atoms. The average molecular weight is 363 g/mol. The Morgan fingerprint density at radius 2 is 1.63 bits per heavy atom. The van der Waals surface area contributed by atoms with E-state index >= 15 is 0 Å². The van der Waals surface area contributed by atoms with E-state index in [1.165, 1.54) is 5.56 Å². The van der Waals surface area contributed by atoms with E-state index in [0.29, 0.717) is 6.54 Å². The maximum atomic E-state index is 6.31. The third kappa shape index (κ3) is 3.07. The highest BCUT2D eigenvalue weighted by Crippen LogP contribution is 2.37. The molecule has 2 aromatic heterocycles. The molecule has 1 aliphatic rings. The smallest absolute Gasteiger partial charge is 0.399 e. The van der Waals surface area contributed by atoms with Crippen LogP contribution in [0.25, 0.3) is 11.0 Å². The molecule has 4 rings (SSSR count). The molecular formula is C21H26BN3O2. The Morgan fingerprint density at radius 3 is 2.26 bits per heavy atom. The first-order valence-electron chi connectivity index (χ1n) is 9.42. The Labute approximate surface area is 160 Å². The van der Waals surface area contributed by atoms with Gasteiger partial charge in [-0.2, -0.15) is 5.10 Å². The van der Waals surface area contributed by atoms with E-state index in [2.05, 4.69) is 45.9 Å². The summed E-state index contributed by atoms with van der Waals surface area (Å²) in [4.78, 5) is 4.79. The van der Waals surface area contributed by atoms with Crippen molar-refractivity contribution in [1.29, 1.82) is 0 Å². The number of aromatic nitrogens is 3. The average Bonchev–Trinajstić information content (AvgIpc) is 3.00. The van der Waals surface area contributed by atoms with E-state index in [-0.39, 0.29) is 11.2 Å². The van der Waals surface area contributed by atoms with Crippen molar-refractivity contribution in [2.75, 3.05) is 0 Å². The van der Waals surface area contributed by atoms with Crippen molar-refractivity contribution in [3.8, 4) is 0 Å². The second kappa shape index (κ2) is 6.18. The maximum Gasteiger partial charge on any atom is 0.495 e. The van der Waals surface area contributed by atoms with Crippen molar-refractivity contribution in [3.63, 3.8) is 0 Å². The topological polar surface area (TPSA) is 49.2 Å². The maximum absolute atomic E-state index is 6.31. The summed E-state index contributed by atoms with van der Waals surface area (Å²) in [5.41, 5.74) is 4.19. The van der Waals surface area contributed by atoms with Crippen molar-refractivity contribution in [3.05, 3.63) is 53.3 Å². The van der Waals surface area contributed by atoms with Crippen LogP contribution < -0.4 is 5.46 Å². The molecule has 3 heterocycles. The van der Waals surface area contributed by atoms with Crippen LogP contribution in [0.1, 0.15) is 44.6 Å². The Kier molecular flexibility index (Phi) is 4.16. The molecule has 6 heteroatoms. The van der Waals surface area contributed by atoms with Gasteiger partial charge in [0, 0.05) is 11.1 Å². The van der Waals surface area contributed by atoms with Gasteiger partial charge in [0.15, 0.2) is 5.65 Å². The normalized spacial score (nSPS) is 18.4. The van der Waals surface area contributed by atoms with E-state index in [1.807, 2.05) is 36.7 Å². The molecule has 3 aromatic rings. The van der Waals surface area contributed by atoms with E-state index in [4.69, 9.17) is 19.4 Å². The lowest BCUT2D eigenvalue weighted by Crippen LogP contribution is -2.41. The van der Waals surface area contributed by atoms with Crippen LogP contribution in [0.2, 0.25) is 0 Å². The molecule has 1 fully saturated rings. The summed E-state index contributed by atoms with van der Waals surface area (Å²) < 4.78 is 14.6. The third-order valence-electron chi connectivity index (χ3n) is 5.72. The van der Waals surface area contributed by atoms with Gasteiger partial charge in [0.25, 0.3) is 0 Å². The number of hydrogen-bond donors (Lipinski definition) is 0. The van der Waals surface area contributed by atoms with Gasteiger partial charge in [0.1, 0.15) is 0 Å². The standard InChI is InChI=1S/C21H26BN3O2/c1-14-12-17(22-26-20(3,4)21(5,6)27-22)18-15(2)24-25(19(18)23-14)13-16-10-8-7-9-11-16/h7-12H,13H2,1-6H3. The van der Waals surface area contributed by atoms with Gasteiger partial charge >= 0.3 is 7.12 Å². The summed E-state index contributed by atoms with van der Waals surface area (Å²) >= 11 is 0. The Bertz CT molecular complexity index is 980. The lowest BCUT2D eigenvalue weighted by Gasteiger charge is -2.32. The molecular weight excluding hydrogens is 337 g/mol. The highest BCUT2D eigenvalue weighted by molar-refractivity contribution is 6.65. The molecule has 0 aliphatic carbocycles. The molecule has 1 aliphatic heterocycles. The summed E-state index contributed by atoms with van der Waals surface area (Å²) in [7, 11) is -0.424. The zero-order chi connectivity index (χ0) is 19.4. The van der Waals surface area contributed by atoms with Crippen molar-refractivity contribution in [2.24, 2.45) is 0 Å². The first kappa shape index (κ1) is 18.2. The van der Waals surface area contributed by atoms with Gasteiger partial charge in [0.2, 0.25) is 0 Å². The fraction of sp³-hybridized carbons (Fsp3) is 0.429. The fourth-order valence-corrected chi connectivity index (χ4v) is 3.54. The molecule has 140 valence electrons. The summed E-state index contributed by atoms with van der Waals surface area (Å²) in [5, 5.41) is 5.80. The molecule has 0 amide bonds. The molecule has 0 radical (unpaired) electrons. The van der Waals surface area contributed by atoms with Crippen LogP contribution in [0.15, 0.2) is 36.4 Å². The van der Waals surface area contributed by atoms with Crippen molar-refractivity contribution in [2.45, 2.75) is 59.3 Å². The molecule has 5 nitrogen and oxygen atoms in total. The van der Waals surface area contributed by atoms with Gasteiger partial charge in [-0.05, 0) is 58.6 Å². The van der Waals surface area contributed by atoms with Crippen molar-refractivity contribution >= 4 is 23.6 Å². The first-order chi connectivity index (χ1) is 12.7. The Morgan fingerprint density at radius 1 is 1.00 bits per heavy atom. The number of nitrogens with zero attached hydrogens (tertiary/aromatic N) is 3. The van der Waals surface area contributed by atoms with Crippen LogP contribution in [0, 0.1) is 13.8 Å². The minimum atomic E-state index is -0.424. The van der Waals surface area contributed by atoms with Crippen LogP contribution in [-0.2, 0) is 15.9 Å². The van der Waals surface area contributed by atoms with Crippen LogP contribution in [-0.4, -0.2) is 33.1 Å². The molecule has 0 N–H and O–H groups in total. The van der Waals surface area contributed by atoms with Crippen LogP contribution in [0.4, 0.5) is 0 Å². The number of hydrogen-bond acceptors (Lipinski definition) is 4. The van der Waals surface area contributed by atoms with E-state index in [0.717, 1.165) is 27.9 Å². The minimum Gasteiger partial charge on any atom is -0.399 e. The van der Waals surface area contributed by atoms with Gasteiger partial charge in [-0.15, -0.1) is 0 Å². The second-order valence-corrected chi connectivity index (χ2v) is 8.37. The number of rotatable bonds is 3. The monoisotopic (exact) mass is 363 g/mol. The van der Waals surface area contributed by atoms with Gasteiger partial charge in [-0.1, -0.05) is 30.3 Å². The Hall–Kier alpha value is -2.18.